The largest absolute Gasteiger partial charge is 0.314 e. The third-order valence-corrected chi connectivity index (χ3v) is 4.25. The average Bonchev–Trinajstić information content (AvgIpc) is 2.19. The van der Waals surface area contributed by atoms with Crippen molar-refractivity contribution in [3.8, 4) is 0 Å². The minimum absolute atomic E-state index is 0.672. The lowest BCUT2D eigenvalue weighted by Gasteiger charge is -2.44. The van der Waals surface area contributed by atoms with Gasteiger partial charge in [-0.15, -0.1) is 0 Å². The van der Waals surface area contributed by atoms with E-state index in [1.54, 1.807) is 0 Å². The summed E-state index contributed by atoms with van der Waals surface area (Å²) in [4.78, 5) is 2.69. The maximum absolute atomic E-state index is 3.57. The van der Waals surface area contributed by atoms with Crippen LogP contribution in [0.3, 0.4) is 0 Å². The van der Waals surface area contributed by atoms with E-state index in [2.05, 4.69) is 24.1 Å². The molecule has 1 N–H and O–H groups in total. The van der Waals surface area contributed by atoms with Crippen LogP contribution in [0.1, 0.15) is 46.0 Å². The highest BCUT2D eigenvalue weighted by atomic mass is 15.1. The van der Waals surface area contributed by atoms with Crippen LogP contribution in [0.4, 0.5) is 0 Å². The maximum atomic E-state index is 3.57. The Labute approximate surface area is 94.4 Å². The third kappa shape index (κ3) is 2.94. The van der Waals surface area contributed by atoms with Gasteiger partial charge in [-0.2, -0.15) is 0 Å². The van der Waals surface area contributed by atoms with Crippen molar-refractivity contribution in [1.82, 2.24) is 10.2 Å². The van der Waals surface area contributed by atoms with Crippen molar-refractivity contribution in [2.45, 2.75) is 52.0 Å². The second kappa shape index (κ2) is 4.84. The lowest BCUT2D eigenvalue weighted by atomic mass is 9.70. The van der Waals surface area contributed by atoms with Gasteiger partial charge in [0, 0.05) is 12.6 Å². The van der Waals surface area contributed by atoms with E-state index in [0.717, 1.165) is 12.6 Å². The highest BCUT2D eigenvalue weighted by molar-refractivity contribution is 4.88. The SMILES string of the molecule is CCNC1CCN(CC2(C)CCC2)CC1. The number of piperidine rings is 1. The monoisotopic (exact) mass is 210 g/mol. The molecular formula is C13H26N2. The van der Waals surface area contributed by atoms with E-state index in [1.807, 2.05) is 0 Å². The number of nitrogens with one attached hydrogen (secondary N) is 1. The second-order valence-corrected chi connectivity index (χ2v) is 5.77. The summed E-state index contributed by atoms with van der Waals surface area (Å²) in [7, 11) is 0. The molecule has 2 fully saturated rings. The van der Waals surface area contributed by atoms with Crippen LogP contribution in [0.5, 0.6) is 0 Å². The molecule has 15 heavy (non-hydrogen) atoms. The molecule has 0 aromatic rings. The summed E-state index contributed by atoms with van der Waals surface area (Å²) < 4.78 is 0. The van der Waals surface area contributed by atoms with Gasteiger partial charge in [0.05, 0.1) is 0 Å². The van der Waals surface area contributed by atoms with Gasteiger partial charge >= 0.3 is 0 Å². The Morgan fingerprint density at radius 2 is 1.93 bits per heavy atom. The molecule has 1 aliphatic carbocycles. The smallest absolute Gasteiger partial charge is 0.00912 e. The summed E-state index contributed by atoms with van der Waals surface area (Å²) in [6, 6.07) is 0.792. The molecule has 0 bridgehead atoms. The standard InChI is InChI=1S/C13H26N2/c1-3-14-12-5-9-15(10-6-12)11-13(2)7-4-8-13/h12,14H,3-11H2,1-2H3. The fourth-order valence-electron chi connectivity index (χ4n) is 3.06. The van der Waals surface area contributed by atoms with Crippen molar-refractivity contribution in [2.75, 3.05) is 26.2 Å². The summed E-state index contributed by atoms with van der Waals surface area (Å²) in [5.74, 6) is 0. The van der Waals surface area contributed by atoms with E-state index < -0.39 is 0 Å². The zero-order chi connectivity index (χ0) is 10.7. The fourth-order valence-corrected chi connectivity index (χ4v) is 3.06. The van der Waals surface area contributed by atoms with Gasteiger partial charge in [-0.3, -0.25) is 0 Å². The molecule has 2 heteroatoms. The number of likely N-dealkylation sites (tertiary alicyclic amines) is 1. The first-order chi connectivity index (χ1) is 7.22. The van der Waals surface area contributed by atoms with E-state index in [0.29, 0.717) is 5.41 Å². The van der Waals surface area contributed by atoms with Crippen molar-refractivity contribution in [3.05, 3.63) is 0 Å². The van der Waals surface area contributed by atoms with E-state index in [9.17, 15) is 0 Å². The van der Waals surface area contributed by atoms with Crippen LogP contribution in [-0.2, 0) is 0 Å². The predicted octanol–water partition coefficient (Wildman–Crippen LogP) is 2.25. The normalized spacial score (nSPS) is 27.6. The Balaban J connectivity index is 1.69. The summed E-state index contributed by atoms with van der Waals surface area (Å²) >= 11 is 0. The summed E-state index contributed by atoms with van der Waals surface area (Å²) in [5.41, 5.74) is 0.672. The van der Waals surface area contributed by atoms with Crippen molar-refractivity contribution in [1.29, 1.82) is 0 Å². The second-order valence-electron chi connectivity index (χ2n) is 5.77. The number of rotatable bonds is 4. The summed E-state index contributed by atoms with van der Waals surface area (Å²) in [5, 5.41) is 3.57. The van der Waals surface area contributed by atoms with Gasteiger partial charge in [-0.1, -0.05) is 20.3 Å². The molecule has 0 radical (unpaired) electrons. The third-order valence-electron chi connectivity index (χ3n) is 4.25. The van der Waals surface area contributed by atoms with Gasteiger partial charge in [-0.25, -0.2) is 0 Å². The Kier molecular flexibility index (Phi) is 3.68. The van der Waals surface area contributed by atoms with Crippen LogP contribution in [0.15, 0.2) is 0 Å². The minimum atomic E-state index is 0.672. The molecule has 2 nitrogen and oxygen atoms in total. The van der Waals surface area contributed by atoms with E-state index in [1.165, 1.54) is 51.7 Å². The molecule has 2 aliphatic rings. The molecule has 0 aromatic carbocycles. The molecule has 1 heterocycles. The highest BCUT2D eigenvalue weighted by Crippen LogP contribution is 2.41. The van der Waals surface area contributed by atoms with E-state index in [4.69, 9.17) is 0 Å². The lowest BCUT2D eigenvalue weighted by molar-refractivity contribution is 0.0684. The zero-order valence-corrected chi connectivity index (χ0v) is 10.4. The average molecular weight is 210 g/mol. The Morgan fingerprint density at radius 1 is 1.27 bits per heavy atom. The van der Waals surface area contributed by atoms with Crippen molar-refractivity contribution in [2.24, 2.45) is 5.41 Å². The van der Waals surface area contributed by atoms with E-state index in [-0.39, 0.29) is 0 Å². The first-order valence-electron chi connectivity index (χ1n) is 6.68. The first-order valence-corrected chi connectivity index (χ1v) is 6.68. The van der Waals surface area contributed by atoms with Gasteiger partial charge in [0.25, 0.3) is 0 Å². The van der Waals surface area contributed by atoms with Gasteiger partial charge in [0.15, 0.2) is 0 Å². The molecule has 0 atom stereocenters. The predicted molar refractivity (Wildman–Crippen MR) is 65.1 cm³/mol. The number of nitrogens with zero attached hydrogens (tertiary/aromatic N) is 1. The number of hydrogen-bond acceptors (Lipinski definition) is 2. The highest BCUT2D eigenvalue weighted by Gasteiger charge is 2.34. The van der Waals surface area contributed by atoms with Crippen molar-refractivity contribution >= 4 is 0 Å². The van der Waals surface area contributed by atoms with Crippen molar-refractivity contribution < 1.29 is 0 Å². The van der Waals surface area contributed by atoms with Gasteiger partial charge < -0.3 is 10.2 Å². The first kappa shape index (κ1) is 11.4. The Hall–Kier alpha value is -0.0800. The quantitative estimate of drug-likeness (QED) is 0.765. The molecule has 0 spiro atoms. The molecule has 0 unspecified atom stereocenters. The summed E-state index contributed by atoms with van der Waals surface area (Å²) in [6.45, 7) is 9.78. The lowest BCUT2D eigenvalue weighted by Crippen LogP contribution is -2.47. The van der Waals surface area contributed by atoms with E-state index >= 15 is 0 Å². The van der Waals surface area contributed by atoms with Gasteiger partial charge in [0.2, 0.25) is 0 Å². The molecule has 2 rings (SSSR count). The van der Waals surface area contributed by atoms with Gasteiger partial charge in [0.1, 0.15) is 0 Å². The molecule has 1 aliphatic heterocycles. The van der Waals surface area contributed by atoms with Crippen molar-refractivity contribution in [3.63, 3.8) is 0 Å². The van der Waals surface area contributed by atoms with Crippen LogP contribution in [0.2, 0.25) is 0 Å². The molecule has 88 valence electrons. The van der Waals surface area contributed by atoms with Crippen LogP contribution < -0.4 is 5.32 Å². The molecule has 1 saturated carbocycles. The van der Waals surface area contributed by atoms with Crippen LogP contribution in [-0.4, -0.2) is 37.1 Å². The minimum Gasteiger partial charge on any atom is -0.314 e. The van der Waals surface area contributed by atoms with Crippen LogP contribution >= 0.6 is 0 Å². The van der Waals surface area contributed by atoms with Crippen LogP contribution in [0.25, 0.3) is 0 Å². The maximum Gasteiger partial charge on any atom is 0.00912 e. The Bertz CT molecular complexity index is 191. The number of hydrogen-bond donors (Lipinski definition) is 1. The Morgan fingerprint density at radius 3 is 2.40 bits per heavy atom. The zero-order valence-electron chi connectivity index (χ0n) is 10.4. The molecular weight excluding hydrogens is 184 g/mol. The summed E-state index contributed by atoms with van der Waals surface area (Å²) in [6.07, 6.45) is 7.08. The topological polar surface area (TPSA) is 15.3 Å². The van der Waals surface area contributed by atoms with Gasteiger partial charge in [-0.05, 0) is 50.7 Å². The molecule has 1 saturated heterocycles. The molecule has 0 aromatic heterocycles. The fraction of sp³-hybridized carbons (Fsp3) is 1.00. The molecule has 0 amide bonds. The van der Waals surface area contributed by atoms with Crippen LogP contribution in [0, 0.1) is 5.41 Å².